The monoisotopic (exact) mass is 662 g/mol. The minimum Gasteiger partial charge on any atom is -0.247 e. The van der Waals surface area contributed by atoms with E-state index in [4.69, 9.17) is 19.9 Å². The van der Waals surface area contributed by atoms with Crippen LogP contribution in [0.1, 0.15) is 0 Å². The zero-order valence-electron chi connectivity index (χ0n) is 28.1. The maximum absolute atomic E-state index is 5.35. The van der Waals surface area contributed by atoms with E-state index in [2.05, 4.69) is 121 Å². The molecule has 0 spiro atoms. The molecule has 0 unspecified atom stereocenters. The molecule has 4 nitrogen and oxygen atoms in total. The molecule has 0 aliphatic rings. The maximum Gasteiger partial charge on any atom is 0.164 e. The molecule has 0 aliphatic carbocycles. The van der Waals surface area contributed by atoms with Gasteiger partial charge in [-0.2, -0.15) is 0 Å². The molecular weight excluding hydrogens is 633 g/mol. The summed E-state index contributed by atoms with van der Waals surface area (Å²) in [5, 5.41) is 8.36. The average molecular weight is 663 g/mol. The van der Waals surface area contributed by atoms with Gasteiger partial charge in [0.15, 0.2) is 17.5 Å². The van der Waals surface area contributed by atoms with Gasteiger partial charge in [0.05, 0.1) is 11.2 Å². The Labute approximate surface area is 300 Å². The molecule has 0 N–H and O–H groups in total. The summed E-state index contributed by atoms with van der Waals surface area (Å²) in [5.41, 5.74) is 8.15. The Morgan fingerprint density at radius 3 is 1.46 bits per heavy atom. The fourth-order valence-electron chi connectivity index (χ4n) is 7.43. The van der Waals surface area contributed by atoms with Gasteiger partial charge >= 0.3 is 0 Å². The Bertz CT molecular complexity index is 2880. The standard InChI is InChI=1S/C48H30N4/c1-3-15-33(16-4-1)46-50-47(34-17-5-2-6-18-34)52-48(51-46)35-28-26-32(27-29-35)45-42-30-41(37-24-13-19-31-14-7-8-20-36(31)37)38-21-9-10-22-39(38)44(42)40-23-11-12-25-43(40)49-45/h1-30H. The van der Waals surface area contributed by atoms with Gasteiger partial charge in [0.2, 0.25) is 0 Å². The minimum atomic E-state index is 0.625. The predicted molar refractivity (Wildman–Crippen MR) is 215 cm³/mol. The zero-order valence-corrected chi connectivity index (χ0v) is 28.1. The third-order valence-electron chi connectivity index (χ3n) is 9.90. The molecular formula is C48H30N4. The quantitative estimate of drug-likeness (QED) is 0.172. The lowest BCUT2D eigenvalue weighted by Gasteiger charge is -2.17. The van der Waals surface area contributed by atoms with Gasteiger partial charge in [0, 0.05) is 38.4 Å². The summed E-state index contributed by atoms with van der Waals surface area (Å²) in [6, 6.07) is 63.4. The molecule has 0 saturated heterocycles. The van der Waals surface area contributed by atoms with Crippen LogP contribution in [0.2, 0.25) is 0 Å². The SMILES string of the molecule is c1ccc(-c2nc(-c3ccccc3)nc(-c3ccc(-c4nc5ccccc5c5c4cc(-c4cccc6ccccc46)c4ccccc45)cc3)n2)cc1. The van der Waals surface area contributed by atoms with Crippen LogP contribution in [0, 0.1) is 0 Å². The minimum absolute atomic E-state index is 0.625. The number of fused-ring (bicyclic) bond motifs is 6. The lowest BCUT2D eigenvalue weighted by Crippen LogP contribution is -2.00. The van der Waals surface area contributed by atoms with Gasteiger partial charge in [0.1, 0.15) is 0 Å². The summed E-state index contributed by atoms with van der Waals surface area (Å²) in [4.78, 5) is 20.1. The molecule has 2 heterocycles. The van der Waals surface area contributed by atoms with Crippen LogP contribution in [-0.2, 0) is 0 Å². The van der Waals surface area contributed by atoms with Crippen molar-refractivity contribution >= 4 is 43.2 Å². The van der Waals surface area contributed by atoms with Crippen LogP contribution in [0.4, 0.5) is 0 Å². The van der Waals surface area contributed by atoms with Crippen molar-refractivity contribution in [2.75, 3.05) is 0 Å². The Morgan fingerprint density at radius 1 is 0.288 bits per heavy atom. The second-order valence-corrected chi connectivity index (χ2v) is 13.0. The van der Waals surface area contributed by atoms with Crippen molar-refractivity contribution < 1.29 is 0 Å². The third-order valence-corrected chi connectivity index (χ3v) is 9.90. The molecule has 0 fully saturated rings. The number of para-hydroxylation sites is 1. The number of aromatic nitrogens is 4. The van der Waals surface area contributed by atoms with E-state index in [0.717, 1.165) is 44.2 Å². The largest absolute Gasteiger partial charge is 0.247 e. The van der Waals surface area contributed by atoms with Crippen molar-refractivity contribution in [3.8, 4) is 56.5 Å². The molecule has 0 bridgehead atoms. The highest BCUT2D eigenvalue weighted by molar-refractivity contribution is 6.26. The van der Waals surface area contributed by atoms with Gasteiger partial charge < -0.3 is 0 Å². The van der Waals surface area contributed by atoms with E-state index >= 15 is 0 Å². The van der Waals surface area contributed by atoms with E-state index in [1.165, 1.54) is 38.1 Å². The molecule has 52 heavy (non-hydrogen) atoms. The number of benzene rings is 8. The molecule has 0 amide bonds. The molecule has 0 aliphatic heterocycles. The van der Waals surface area contributed by atoms with Gasteiger partial charge in [-0.1, -0.05) is 170 Å². The Hall–Kier alpha value is -7.04. The maximum atomic E-state index is 5.35. The first-order valence-electron chi connectivity index (χ1n) is 17.5. The smallest absolute Gasteiger partial charge is 0.164 e. The molecule has 0 saturated carbocycles. The summed E-state index contributed by atoms with van der Waals surface area (Å²) in [6.07, 6.45) is 0. The lowest BCUT2D eigenvalue weighted by atomic mass is 9.88. The predicted octanol–water partition coefficient (Wildman–Crippen LogP) is 12.2. The van der Waals surface area contributed by atoms with Gasteiger partial charge in [-0.3, -0.25) is 0 Å². The van der Waals surface area contributed by atoms with Gasteiger partial charge in [-0.25, -0.2) is 19.9 Å². The van der Waals surface area contributed by atoms with Crippen LogP contribution in [0.25, 0.3) is 99.8 Å². The summed E-state index contributed by atoms with van der Waals surface area (Å²) >= 11 is 0. The summed E-state index contributed by atoms with van der Waals surface area (Å²) in [7, 11) is 0. The van der Waals surface area contributed by atoms with Crippen molar-refractivity contribution in [1.82, 2.24) is 19.9 Å². The summed E-state index contributed by atoms with van der Waals surface area (Å²) in [5.74, 6) is 1.91. The first kappa shape index (κ1) is 29.8. The first-order chi connectivity index (χ1) is 25.8. The molecule has 242 valence electrons. The Balaban J connectivity index is 1.18. The second kappa shape index (κ2) is 12.4. The lowest BCUT2D eigenvalue weighted by molar-refractivity contribution is 1.07. The molecule has 2 aromatic heterocycles. The Morgan fingerprint density at radius 2 is 0.788 bits per heavy atom. The Kier molecular flexibility index (Phi) is 7.10. The molecule has 4 heteroatoms. The summed E-state index contributed by atoms with van der Waals surface area (Å²) in [6.45, 7) is 0. The van der Waals surface area contributed by atoms with Crippen molar-refractivity contribution in [2.45, 2.75) is 0 Å². The fraction of sp³-hybridized carbons (Fsp3) is 0. The average Bonchev–Trinajstić information content (AvgIpc) is 3.23. The molecule has 8 aromatic carbocycles. The van der Waals surface area contributed by atoms with Crippen LogP contribution in [0.15, 0.2) is 182 Å². The van der Waals surface area contributed by atoms with Crippen molar-refractivity contribution in [2.24, 2.45) is 0 Å². The second-order valence-electron chi connectivity index (χ2n) is 13.0. The highest BCUT2D eigenvalue weighted by Gasteiger charge is 2.18. The third kappa shape index (κ3) is 5.09. The van der Waals surface area contributed by atoms with Crippen LogP contribution in [0.3, 0.4) is 0 Å². The fourth-order valence-corrected chi connectivity index (χ4v) is 7.43. The number of rotatable bonds is 5. The molecule has 10 aromatic rings. The van der Waals surface area contributed by atoms with E-state index in [0.29, 0.717) is 17.5 Å². The van der Waals surface area contributed by atoms with Gasteiger partial charge in [-0.15, -0.1) is 0 Å². The molecule has 0 atom stereocenters. The number of hydrogen-bond acceptors (Lipinski definition) is 4. The highest BCUT2D eigenvalue weighted by Crippen LogP contribution is 2.43. The van der Waals surface area contributed by atoms with Gasteiger partial charge in [0.25, 0.3) is 0 Å². The van der Waals surface area contributed by atoms with Crippen LogP contribution < -0.4 is 0 Å². The molecule has 10 rings (SSSR count). The van der Waals surface area contributed by atoms with Crippen LogP contribution in [0.5, 0.6) is 0 Å². The number of nitrogens with zero attached hydrogens (tertiary/aromatic N) is 4. The summed E-state index contributed by atoms with van der Waals surface area (Å²) < 4.78 is 0. The van der Waals surface area contributed by atoms with Crippen LogP contribution >= 0.6 is 0 Å². The topological polar surface area (TPSA) is 51.6 Å². The van der Waals surface area contributed by atoms with E-state index < -0.39 is 0 Å². The normalized spacial score (nSPS) is 11.5. The highest BCUT2D eigenvalue weighted by atomic mass is 15.0. The van der Waals surface area contributed by atoms with E-state index in [-0.39, 0.29) is 0 Å². The van der Waals surface area contributed by atoms with Crippen molar-refractivity contribution in [3.05, 3.63) is 182 Å². The van der Waals surface area contributed by atoms with E-state index in [1.807, 2.05) is 60.7 Å². The number of hydrogen-bond donors (Lipinski definition) is 0. The van der Waals surface area contributed by atoms with E-state index in [1.54, 1.807) is 0 Å². The van der Waals surface area contributed by atoms with E-state index in [9.17, 15) is 0 Å². The molecule has 0 radical (unpaired) electrons. The van der Waals surface area contributed by atoms with Crippen LogP contribution in [-0.4, -0.2) is 19.9 Å². The van der Waals surface area contributed by atoms with Crippen molar-refractivity contribution in [3.63, 3.8) is 0 Å². The first-order valence-corrected chi connectivity index (χ1v) is 17.5. The zero-order chi connectivity index (χ0) is 34.4. The van der Waals surface area contributed by atoms with Gasteiger partial charge in [-0.05, 0) is 44.8 Å². The number of pyridine rings is 1. The van der Waals surface area contributed by atoms with Crippen molar-refractivity contribution in [1.29, 1.82) is 0 Å².